The molecule has 2 aliphatic rings. The van der Waals surface area contributed by atoms with Gasteiger partial charge in [0.05, 0.1) is 0 Å². The summed E-state index contributed by atoms with van der Waals surface area (Å²) >= 11 is 2.08. The monoisotopic (exact) mass is 242 g/mol. The van der Waals surface area contributed by atoms with Gasteiger partial charge in [-0.15, -0.1) is 0 Å². The van der Waals surface area contributed by atoms with Crippen molar-refractivity contribution < 1.29 is 0 Å². The molecule has 1 saturated heterocycles. The third-order valence-electron chi connectivity index (χ3n) is 4.13. The van der Waals surface area contributed by atoms with Gasteiger partial charge in [0, 0.05) is 36.0 Å². The third-order valence-corrected chi connectivity index (χ3v) is 5.54. The maximum absolute atomic E-state index is 3.67. The lowest BCUT2D eigenvalue weighted by molar-refractivity contribution is 0.0915. The Bertz CT molecular complexity index is 248. The third kappa shape index (κ3) is 2.74. The molecule has 0 spiro atoms. The molecule has 1 heterocycles. The minimum absolute atomic E-state index is 0.292. The highest BCUT2D eigenvalue weighted by Gasteiger charge is 2.45. The summed E-state index contributed by atoms with van der Waals surface area (Å²) in [5.41, 5.74) is 0.292. The number of nitrogens with one attached hydrogen (secondary N) is 1. The van der Waals surface area contributed by atoms with Crippen LogP contribution >= 0.6 is 11.8 Å². The highest BCUT2D eigenvalue weighted by atomic mass is 32.2. The molecule has 2 nitrogen and oxygen atoms in total. The van der Waals surface area contributed by atoms with E-state index in [2.05, 4.69) is 49.0 Å². The minimum atomic E-state index is 0.292. The lowest BCUT2D eigenvalue weighted by Crippen LogP contribution is -2.62. The molecule has 1 unspecified atom stereocenters. The summed E-state index contributed by atoms with van der Waals surface area (Å²) in [6.07, 6.45) is 6.40. The summed E-state index contributed by atoms with van der Waals surface area (Å²) in [6, 6.07) is 0.748. The first-order chi connectivity index (χ1) is 7.50. The van der Waals surface area contributed by atoms with Crippen LogP contribution in [-0.2, 0) is 0 Å². The van der Waals surface area contributed by atoms with Crippen molar-refractivity contribution in [3.63, 3.8) is 0 Å². The molecule has 1 N–H and O–H groups in total. The van der Waals surface area contributed by atoms with Crippen molar-refractivity contribution in [2.24, 2.45) is 0 Å². The van der Waals surface area contributed by atoms with E-state index in [0.29, 0.717) is 10.3 Å². The molecule has 2 rings (SSSR count). The number of hydrogen-bond donors (Lipinski definition) is 1. The van der Waals surface area contributed by atoms with Gasteiger partial charge < -0.3 is 5.32 Å². The van der Waals surface area contributed by atoms with Crippen LogP contribution < -0.4 is 5.32 Å². The number of hydrogen-bond acceptors (Lipinski definition) is 3. The summed E-state index contributed by atoms with van der Waals surface area (Å²) in [5.74, 6) is 0. The Morgan fingerprint density at radius 2 is 2.06 bits per heavy atom. The second-order valence-corrected chi connectivity index (χ2v) is 7.39. The van der Waals surface area contributed by atoms with Crippen LogP contribution in [0.1, 0.15) is 40.0 Å². The lowest BCUT2D eigenvalue weighted by atomic mass is 9.97. The van der Waals surface area contributed by atoms with Crippen molar-refractivity contribution in [1.29, 1.82) is 0 Å². The van der Waals surface area contributed by atoms with Crippen LogP contribution in [0, 0.1) is 0 Å². The first-order valence-corrected chi connectivity index (χ1v) is 7.77. The maximum atomic E-state index is 3.67. The molecule has 1 atom stereocenters. The quantitative estimate of drug-likeness (QED) is 0.814. The summed E-state index contributed by atoms with van der Waals surface area (Å²) in [4.78, 5) is 2.74. The number of rotatable bonds is 4. The zero-order chi connectivity index (χ0) is 11.8. The van der Waals surface area contributed by atoms with Gasteiger partial charge in [0.25, 0.3) is 0 Å². The molecule has 1 aliphatic heterocycles. The van der Waals surface area contributed by atoms with Crippen molar-refractivity contribution in [2.45, 2.75) is 56.4 Å². The fourth-order valence-electron chi connectivity index (χ4n) is 2.74. The topological polar surface area (TPSA) is 15.3 Å². The van der Waals surface area contributed by atoms with Crippen LogP contribution in [0.15, 0.2) is 0 Å². The average molecular weight is 242 g/mol. The fourth-order valence-corrected chi connectivity index (χ4v) is 3.55. The van der Waals surface area contributed by atoms with Gasteiger partial charge in [-0.2, -0.15) is 11.8 Å². The van der Waals surface area contributed by atoms with E-state index in [9.17, 15) is 0 Å². The number of nitrogens with zero attached hydrogens (tertiary/aromatic N) is 1. The number of piperazine rings is 1. The van der Waals surface area contributed by atoms with Crippen molar-refractivity contribution in [1.82, 2.24) is 10.2 Å². The molecule has 0 amide bonds. The summed E-state index contributed by atoms with van der Waals surface area (Å²) in [7, 11) is 0. The maximum Gasteiger partial charge on any atom is 0.0285 e. The van der Waals surface area contributed by atoms with E-state index in [1.54, 1.807) is 0 Å². The van der Waals surface area contributed by atoms with E-state index in [1.165, 1.54) is 32.4 Å². The van der Waals surface area contributed by atoms with Gasteiger partial charge in [-0.1, -0.05) is 6.92 Å². The highest BCUT2D eigenvalue weighted by Crippen LogP contribution is 2.48. The van der Waals surface area contributed by atoms with Crippen molar-refractivity contribution in [2.75, 3.05) is 25.9 Å². The van der Waals surface area contributed by atoms with E-state index < -0.39 is 0 Å². The Morgan fingerprint density at radius 1 is 1.38 bits per heavy atom. The highest BCUT2D eigenvalue weighted by molar-refractivity contribution is 8.00. The standard InChI is InChI=1S/C13H26N2S/c1-5-11-8-14-12(2,3)9-15(11)10-13(16-4)6-7-13/h11,14H,5-10H2,1-4H3. The smallest absolute Gasteiger partial charge is 0.0285 e. The van der Waals surface area contributed by atoms with Gasteiger partial charge in [-0.05, 0) is 39.4 Å². The molecule has 1 aliphatic carbocycles. The lowest BCUT2D eigenvalue weighted by Gasteiger charge is -2.45. The first kappa shape index (κ1) is 12.7. The summed E-state index contributed by atoms with van der Waals surface area (Å²) in [6.45, 7) is 10.6. The van der Waals surface area contributed by atoms with Crippen molar-refractivity contribution >= 4 is 11.8 Å². The van der Waals surface area contributed by atoms with Crippen LogP contribution in [0.5, 0.6) is 0 Å². The van der Waals surface area contributed by atoms with Gasteiger partial charge in [0.1, 0.15) is 0 Å². The SMILES string of the molecule is CCC1CNC(C)(C)CN1CC1(SC)CC1. The van der Waals surface area contributed by atoms with Gasteiger partial charge in [-0.25, -0.2) is 0 Å². The molecular weight excluding hydrogens is 216 g/mol. The molecule has 2 fully saturated rings. The molecule has 0 radical (unpaired) electrons. The first-order valence-electron chi connectivity index (χ1n) is 6.54. The second-order valence-electron chi connectivity index (χ2n) is 6.12. The Balaban J connectivity index is 1.98. The molecule has 94 valence electrons. The molecule has 0 aromatic heterocycles. The van der Waals surface area contributed by atoms with Crippen molar-refractivity contribution in [3.05, 3.63) is 0 Å². The van der Waals surface area contributed by atoms with E-state index in [0.717, 1.165) is 12.6 Å². The molecule has 0 aromatic rings. The molecule has 16 heavy (non-hydrogen) atoms. The van der Waals surface area contributed by atoms with E-state index in [4.69, 9.17) is 0 Å². The van der Waals surface area contributed by atoms with Gasteiger partial charge in [0.2, 0.25) is 0 Å². The van der Waals surface area contributed by atoms with Crippen LogP contribution in [0.25, 0.3) is 0 Å². The Morgan fingerprint density at radius 3 is 2.56 bits per heavy atom. The van der Waals surface area contributed by atoms with Crippen LogP contribution in [0.4, 0.5) is 0 Å². The average Bonchev–Trinajstić information content (AvgIpc) is 2.98. The van der Waals surface area contributed by atoms with E-state index in [1.807, 2.05) is 0 Å². The Labute approximate surface area is 105 Å². The Kier molecular flexibility index (Phi) is 3.58. The van der Waals surface area contributed by atoms with E-state index in [-0.39, 0.29) is 0 Å². The largest absolute Gasteiger partial charge is 0.309 e. The Hall–Kier alpha value is 0.270. The summed E-state index contributed by atoms with van der Waals surface area (Å²) < 4.78 is 0.612. The van der Waals surface area contributed by atoms with Crippen LogP contribution in [0.3, 0.4) is 0 Å². The van der Waals surface area contributed by atoms with Crippen molar-refractivity contribution in [3.8, 4) is 0 Å². The predicted octanol–water partition coefficient (Wildman–Crippen LogP) is 2.34. The van der Waals surface area contributed by atoms with Crippen LogP contribution in [-0.4, -0.2) is 47.1 Å². The zero-order valence-corrected chi connectivity index (χ0v) is 12.0. The normalized spacial score (nSPS) is 32.6. The molecule has 0 aromatic carbocycles. The second kappa shape index (κ2) is 4.51. The summed E-state index contributed by atoms with van der Waals surface area (Å²) in [5, 5.41) is 3.67. The molecule has 1 saturated carbocycles. The molecular formula is C13H26N2S. The fraction of sp³-hybridized carbons (Fsp3) is 1.00. The van der Waals surface area contributed by atoms with Crippen LogP contribution in [0.2, 0.25) is 0 Å². The molecule has 3 heteroatoms. The predicted molar refractivity (Wildman–Crippen MR) is 73.2 cm³/mol. The minimum Gasteiger partial charge on any atom is -0.309 e. The van der Waals surface area contributed by atoms with Gasteiger partial charge >= 0.3 is 0 Å². The zero-order valence-electron chi connectivity index (χ0n) is 11.2. The van der Waals surface area contributed by atoms with Gasteiger partial charge in [0.15, 0.2) is 0 Å². The molecule has 0 bridgehead atoms. The number of thioether (sulfide) groups is 1. The van der Waals surface area contributed by atoms with E-state index >= 15 is 0 Å². The van der Waals surface area contributed by atoms with Gasteiger partial charge in [-0.3, -0.25) is 4.90 Å².